The first-order valence-electron chi connectivity index (χ1n) is 6.98. The van der Waals surface area contributed by atoms with Gasteiger partial charge in [0.1, 0.15) is 5.75 Å². The molecule has 2 amide bonds. The van der Waals surface area contributed by atoms with Crippen LogP contribution in [-0.4, -0.2) is 18.4 Å². The van der Waals surface area contributed by atoms with Crippen molar-refractivity contribution in [2.45, 2.75) is 13.8 Å². The number of fused-ring (bicyclic) bond motifs is 1. The smallest absolute Gasteiger partial charge is 0.262 e. The fourth-order valence-corrected chi connectivity index (χ4v) is 2.53. The van der Waals surface area contributed by atoms with Gasteiger partial charge < -0.3 is 15.4 Å². The Hall–Kier alpha value is -2.82. The number of anilines is 2. The predicted molar refractivity (Wildman–Crippen MR) is 84.4 cm³/mol. The van der Waals surface area contributed by atoms with Crippen molar-refractivity contribution in [2.75, 3.05) is 17.2 Å². The van der Waals surface area contributed by atoms with Crippen LogP contribution in [0.1, 0.15) is 21.5 Å². The highest BCUT2D eigenvalue weighted by Gasteiger charge is 2.22. The van der Waals surface area contributed by atoms with E-state index in [2.05, 4.69) is 10.6 Å². The molecular formula is C17H16N2O3. The lowest BCUT2D eigenvalue weighted by Gasteiger charge is -2.20. The fourth-order valence-electron chi connectivity index (χ4n) is 2.53. The van der Waals surface area contributed by atoms with E-state index >= 15 is 0 Å². The number of nitrogens with one attached hydrogen (secondary N) is 2. The van der Waals surface area contributed by atoms with Crippen LogP contribution in [0.15, 0.2) is 36.4 Å². The second-order valence-electron chi connectivity index (χ2n) is 5.35. The summed E-state index contributed by atoms with van der Waals surface area (Å²) in [6, 6.07) is 10.9. The Morgan fingerprint density at radius 1 is 1.18 bits per heavy atom. The van der Waals surface area contributed by atoms with Gasteiger partial charge in [0.25, 0.3) is 11.8 Å². The van der Waals surface area contributed by atoms with Crippen molar-refractivity contribution < 1.29 is 14.3 Å². The molecule has 0 radical (unpaired) electrons. The highest BCUT2D eigenvalue weighted by molar-refractivity contribution is 6.12. The molecule has 22 heavy (non-hydrogen) atoms. The monoisotopic (exact) mass is 296 g/mol. The van der Waals surface area contributed by atoms with E-state index in [1.54, 1.807) is 18.2 Å². The number of carbonyl (C=O) groups excluding carboxylic acids is 2. The maximum atomic E-state index is 12.5. The molecule has 0 bridgehead atoms. The second-order valence-corrected chi connectivity index (χ2v) is 5.35. The van der Waals surface area contributed by atoms with E-state index in [9.17, 15) is 9.59 Å². The van der Waals surface area contributed by atoms with Gasteiger partial charge in [-0.1, -0.05) is 12.1 Å². The van der Waals surface area contributed by atoms with Gasteiger partial charge in [0.2, 0.25) is 0 Å². The molecule has 0 saturated heterocycles. The van der Waals surface area contributed by atoms with Crippen LogP contribution >= 0.6 is 0 Å². The van der Waals surface area contributed by atoms with Crippen LogP contribution in [0, 0.1) is 13.8 Å². The fraction of sp³-hybridized carbons (Fsp3) is 0.176. The average molecular weight is 296 g/mol. The predicted octanol–water partition coefficient (Wildman–Crippen LogP) is 2.89. The van der Waals surface area contributed by atoms with Gasteiger partial charge in [-0.3, -0.25) is 9.59 Å². The standard InChI is InChI=1S/C17H16N2O3/c1-10-6-11(2)8-12(7-10)18-17(21)13-4-3-5-14-16(13)19-15(20)9-22-14/h3-8H,9H2,1-2H3,(H,18,21)(H,19,20). The van der Waals surface area contributed by atoms with Gasteiger partial charge in [0, 0.05) is 5.69 Å². The molecule has 1 aliphatic heterocycles. The Morgan fingerprint density at radius 2 is 1.91 bits per heavy atom. The van der Waals surface area contributed by atoms with Gasteiger partial charge >= 0.3 is 0 Å². The van der Waals surface area contributed by atoms with Crippen molar-refractivity contribution in [2.24, 2.45) is 0 Å². The maximum absolute atomic E-state index is 12.5. The van der Waals surface area contributed by atoms with Crippen LogP contribution in [-0.2, 0) is 4.79 Å². The number of aryl methyl sites for hydroxylation is 2. The molecule has 0 aromatic heterocycles. The highest BCUT2D eigenvalue weighted by atomic mass is 16.5. The van der Waals surface area contributed by atoms with Gasteiger partial charge in [-0.25, -0.2) is 0 Å². The van der Waals surface area contributed by atoms with Crippen molar-refractivity contribution >= 4 is 23.2 Å². The molecule has 3 rings (SSSR count). The molecule has 0 aliphatic carbocycles. The van der Waals surface area contributed by atoms with E-state index in [0.717, 1.165) is 16.8 Å². The summed E-state index contributed by atoms with van der Waals surface area (Å²) in [6.45, 7) is 3.91. The first kappa shape index (κ1) is 14.1. The highest BCUT2D eigenvalue weighted by Crippen LogP contribution is 2.31. The van der Waals surface area contributed by atoms with Gasteiger partial charge in [-0.2, -0.15) is 0 Å². The summed E-state index contributed by atoms with van der Waals surface area (Å²) in [5.41, 5.74) is 3.66. The average Bonchev–Trinajstić information content (AvgIpc) is 2.45. The van der Waals surface area contributed by atoms with Crippen molar-refractivity contribution in [1.82, 2.24) is 0 Å². The van der Waals surface area contributed by atoms with Gasteiger partial charge in [-0.05, 0) is 49.2 Å². The van der Waals surface area contributed by atoms with Crippen molar-refractivity contribution in [3.63, 3.8) is 0 Å². The normalized spacial score (nSPS) is 12.9. The van der Waals surface area contributed by atoms with E-state index in [0.29, 0.717) is 17.0 Å². The Bertz CT molecular complexity index is 748. The Kier molecular flexibility index (Phi) is 3.55. The summed E-state index contributed by atoms with van der Waals surface area (Å²) in [5.74, 6) is -0.0422. The minimum atomic E-state index is -0.285. The third-order valence-corrected chi connectivity index (χ3v) is 3.37. The quantitative estimate of drug-likeness (QED) is 0.895. The van der Waals surface area contributed by atoms with E-state index in [1.807, 2.05) is 32.0 Å². The summed E-state index contributed by atoms with van der Waals surface area (Å²) < 4.78 is 5.32. The minimum Gasteiger partial charge on any atom is -0.482 e. The molecule has 112 valence electrons. The van der Waals surface area contributed by atoms with Gasteiger partial charge in [-0.15, -0.1) is 0 Å². The summed E-state index contributed by atoms with van der Waals surface area (Å²) >= 11 is 0. The zero-order valence-electron chi connectivity index (χ0n) is 12.4. The molecule has 0 unspecified atom stereocenters. The zero-order chi connectivity index (χ0) is 15.7. The molecule has 5 heteroatoms. The first-order chi connectivity index (χ1) is 10.5. The van der Waals surface area contributed by atoms with Crippen LogP contribution in [0.3, 0.4) is 0 Å². The van der Waals surface area contributed by atoms with Crippen LogP contribution in [0.5, 0.6) is 5.75 Å². The maximum Gasteiger partial charge on any atom is 0.262 e. The zero-order valence-corrected chi connectivity index (χ0v) is 12.4. The third-order valence-electron chi connectivity index (χ3n) is 3.37. The lowest BCUT2D eigenvalue weighted by atomic mass is 10.1. The molecular weight excluding hydrogens is 280 g/mol. The molecule has 1 aliphatic rings. The van der Waals surface area contributed by atoms with Crippen molar-refractivity contribution in [1.29, 1.82) is 0 Å². The van der Waals surface area contributed by atoms with Crippen molar-refractivity contribution in [3.05, 3.63) is 53.1 Å². The Morgan fingerprint density at radius 3 is 2.64 bits per heavy atom. The lowest BCUT2D eigenvalue weighted by molar-refractivity contribution is -0.118. The molecule has 5 nitrogen and oxygen atoms in total. The number of rotatable bonds is 2. The van der Waals surface area contributed by atoms with Crippen molar-refractivity contribution in [3.8, 4) is 5.75 Å². The van der Waals surface area contributed by atoms with E-state index in [4.69, 9.17) is 4.74 Å². The summed E-state index contributed by atoms with van der Waals surface area (Å²) in [7, 11) is 0. The van der Waals surface area contributed by atoms with E-state index in [1.165, 1.54) is 0 Å². The molecule has 0 saturated carbocycles. The van der Waals surface area contributed by atoms with E-state index < -0.39 is 0 Å². The summed E-state index contributed by atoms with van der Waals surface area (Å²) in [6.07, 6.45) is 0. The van der Waals surface area contributed by atoms with Crippen LogP contribution in [0.4, 0.5) is 11.4 Å². The molecule has 0 spiro atoms. The number of para-hydroxylation sites is 1. The largest absolute Gasteiger partial charge is 0.482 e. The van der Waals surface area contributed by atoms with Gasteiger partial charge in [0.05, 0.1) is 11.3 Å². The molecule has 2 aromatic carbocycles. The molecule has 0 fully saturated rings. The molecule has 2 aromatic rings. The number of amides is 2. The number of benzene rings is 2. The summed E-state index contributed by atoms with van der Waals surface area (Å²) in [5, 5.41) is 5.55. The van der Waals surface area contributed by atoms with Gasteiger partial charge in [0.15, 0.2) is 6.61 Å². The van der Waals surface area contributed by atoms with Crippen LogP contribution in [0.25, 0.3) is 0 Å². The minimum absolute atomic E-state index is 0.0326. The number of ether oxygens (including phenoxy) is 1. The number of hydrogen-bond donors (Lipinski definition) is 2. The van der Waals surface area contributed by atoms with E-state index in [-0.39, 0.29) is 18.4 Å². The van der Waals surface area contributed by atoms with Crippen LogP contribution < -0.4 is 15.4 Å². The van der Waals surface area contributed by atoms with Crippen LogP contribution in [0.2, 0.25) is 0 Å². The first-order valence-corrected chi connectivity index (χ1v) is 6.98. The molecule has 0 atom stereocenters. The Labute approximate surface area is 128 Å². The SMILES string of the molecule is Cc1cc(C)cc(NC(=O)c2cccc3c2NC(=O)CO3)c1. The number of carbonyl (C=O) groups is 2. The molecule has 1 heterocycles. The summed E-state index contributed by atoms with van der Waals surface area (Å²) in [4.78, 5) is 24.0. The number of hydrogen-bond acceptors (Lipinski definition) is 3. The Balaban J connectivity index is 1.91. The molecule has 2 N–H and O–H groups in total. The second kappa shape index (κ2) is 5.52. The lowest BCUT2D eigenvalue weighted by Crippen LogP contribution is -2.27. The topological polar surface area (TPSA) is 67.4 Å². The third kappa shape index (κ3) is 2.79.